The van der Waals surface area contributed by atoms with Crippen LogP contribution < -0.4 is 19.7 Å². The van der Waals surface area contributed by atoms with Gasteiger partial charge in [-0.2, -0.15) is 0 Å². The van der Waals surface area contributed by atoms with E-state index in [1.165, 1.54) is 16.7 Å². The minimum absolute atomic E-state index is 0.175. The fourth-order valence-corrected chi connectivity index (χ4v) is 4.99. The average molecular weight is 539 g/mol. The number of nitrogens with one attached hydrogen (secondary N) is 1. The number of ether oxygens (including phenoxy) is 2. The predicted octanol–water partition coefficient (Wildman–Crippen LogP) is 6.47. The lowest BCUT2D eigenvalue weighted by molar-refractivity contribution is -0.118. The molecular formula is C27H23ClN2O4S2. The molecule has 0 radical (unpaired) electrons. The van der Waals surface area contributed by atoms with Crippen LogP contribution in [0.1, 0.15) is 18.1 Å². The average Bonchev–Trinajstić information content (AvgIpc) is 3.12. The van der Waals surface area contributed by atoms with Crippen LogP contribution in [0.3, 0.4) is 0 Å². The molecular weight excluding hydrogens is 516 g/mol. The molecule has 184 valence electrons. The van der Waals surface area contributed by atoms with Gasteiger partial charge in [-0.25, -0.2) is 0 Å². The third-order valence-electron chi connectivity index (χ3n) is 5.20. The second-order valence-electron chi connectivity index (χ2n) is 7.79. The standard InChI is InChI=1S/C27H23ClN2O4S2/c1-3-33-23-13-18(11-12-22(23)34-16-25(31)29-21-10-5-4-7-17(21)2)14-24-26(32)30(27(35)36-24)20-9-6-8-19(28)15-20/h4-15H,3,16H2,1-2H3,(H,29,31)/b24-14+. The molecule has 1 heterocycles. The normalized spacial score (nSPS) is 14.3. The first-order valence-electron chi connectivity index (χ1n) is 11.1. The Morgan fingerprint density at radius 2 is 1.89 bits per heavy atom. The molecule has 3 aromatic rings. The van der Waals surface area contributed by atoms with Crippen LogP contribution in [-0.4, -0.2) is 29.3 Å². The number of carbonyl (C=O) groups excluding carboxylic acids is 2. The molecule has 1 aliphatic heterocycles. The molecule has 0 bridgehead atoms. The van der Waals surface area contributed by atoms with Crippen LogP contribution in [0, 0.1) is 6.92 Å². The van der Waals surface area contributed by atoms with Gasteiger partial charge in [-0.15, -0.1) is 0 Å². The molecule has 3 aromatic carbocycles. The van der Waals surface area contributed by atoms with Crippen molar-refractivity contribution in [3.05, 3.63) is 87.8 Å². The highest BCUT2D eigenvalue weighted by Gasteiger charge is 2.33. The monoisotopic (exact) mass is 538 g/mol. The van der Waals surface area contributed by atoms with E-state index in [2.05, 4.69) is 5.32 Å². The van der Waals surface area contributed by atoms with Crippen molar-refractivity contribution >= 4 is 69.2 Å². The maximum atomic E-state index is 13.1. The summed E-state index contributed by atoms with van der Waals surface area (Å²) < 4.78 is 11.9. The first-order chi connectivity index (χ1) is 17.4. The molecule has 0 unspecified atom stereocenters. The number of hydrogen-bond acceptors (Lipinski definition) is 6. The summed E-state index contributed by atoms with van der Waals surface area (Å²) >= 11 is 12.7. The van der Waals surface area contributed by atoms with Crippen molar-refractivity contribution in [3.63, 3.8) is 0 Å². The highest BCUT2D eigenvalue weighted by atomic mass is 35.5. The molecule has 2 amide bonds. The van der Waals surface area contributed by atoms with Crippen molar-refractivity contribution in [1.29, 1.82) is 0 Å². The Morgan fingerprint density at radius 1 is 1.08 bits per heavy atom. The van der Waals surface area contributed by atoms with Gasteiger partial charge < -0.3 is 14.8 Å². The van der Waals surface area contributed by atoms with Crippen LogP contribution in [0.2, 0.25) is 5.02 Å². The zero-order valence-corrected chi connectivity index (χ0v) is 22.0. The number of benzene rings is 3. The number of carbonyl (C=O) groups is 2. The fraction of sp³-hybridized carbons (Fsp3) is 0.148. The van der Waals surface area contributed by atoms with Gasteiger partial charge in [0.15, 0.2) is 22.4 Å². The maximum Gasteiger partial charge on any atom is 0.270 e. The van der Waals surface area contributed by atoms with Gasteiger partial charge in [0.1, 0.15) is 0 Å². The Bertz CT molecular complexity index is 1360. The lowest BCUT2D eigenvalue weighted by Gasteiger charge is -2.14. The molecule has 1 aliphatic rings. The van der Waals surface area contributed by atoms with E-state index >= 15 is 0 Å². The molecule has 36 heavy (non-hydrogen) atoms. The summed E-state index contributed by atoms with van der Waals surface area (Å²) in [6.07, 6.45) is 1.75. The summed E-state index contributed by atoms with van der Waals surface area (Å²) in [6, 6.07) is 19.8. The van der Waals surface area contributed by atoms with Crippen LogP contribution in [-0.2, 0) is 9.59 Å². The molecule has 6 nitrogen and oxygen atoms in total. The Labute approximate surface area is 224 Å². The third-order valence-corrected chi connectivity index (χ3v) is 6.74. The number of amides is 2. The van der Waals surface area contributed by atoms with Crippen molar-refractivity contribution in [2.45, 2.75) is 13.8 Å². The second kappa shape index (κ2) is 11.6. The largest absolute Gasteiger partial charge is 0.490 e. The topological polar surface area (TPSA) is 67.9 Å². The molecule has 0 aliphatic carbocycles. The first-order valence-corrected chi connectivity index (χ1v) is 12.7. The summed E-state index contributed by atoms with van der Waals surface area (Å²) in [6.45, 7) is 4.01. The summed E-state index contributed by atoms with van der Waals surface area (Å²) in [5.74, 6) is 0.402. The van der Waals surface area contributed by atoms with Crippen molar-refractivity contribution < 1.29 is 19.1 Å². The molecule has 0 spiro atoms. The van der Waals surface area contributed by atoms with E-state index in [1.807, 2.05) is 38.1 Å². The molecule has 0 saturated carbocycles. The minimum atomic E-state index is -0.277. The summed E-state index contributed by atoms with van der Waals surface area (Å²) in [5, 5.41) is 3.37. The lowest BCUT2D eigenvalue weighted by Crippen LogP contribution is -2.27. The van der Waals surface area contributed by atoms with E-state index in [9.17, 15) is 9.59 Å². The molecule has 0 atom stereocenters. The Balaban J connectivity index is 1.48. The van der Waals surface area contributed by atoms with E-state index in [0.717, 1.165) is 16.8 Å². The highest BCUT2D eigenvalue weighted by Crippen LogP contribution is 2.38. The molecule has 4 rings (SSSR count). The number of hydrogen-bond donors (Lipinski definition) is 1. The third kappa shape index (κ3) is 6.07. The Morgan fingerprint density at radius 3 is 2.64 bits per heavy atom. The van der Waals surface area contributed by atoms with Gasteiger partial charge in [-0.05, 0) is 67.4 Å². The van der Waals surface area contributed by atoms with Gasteiger partial charge in [-0.1, -0.05) is 65.9 Å². The molecule has 0 aromatic heterocycles. The quantitative estimate of drug-likeness (QED) is 0.262. The second-order valence-corrected chi connectivity index (χ2v) is 9.90. The van der Waals surface area contributed by atoms with Crippen LogP contribution in [0.25, 0.3) is 6.08 Å². The Hall–Kier alpha value is -3.33. The van der Waals surface area contributed by atoms with Gasteiger partial charge >= 0.3 is 0 Å². The van der Waals surface area contributed by atoms with Crippen LogP contribution in [0.5, 0.6) is 11.5 Å². The van der Waals surface area contributed by atoms with Crippen LogP contribution in [0.15, 0.2) is 71.6 Å². The summed E-state index contributed by atoms with van der Waals surface area (Å²) in [5.41, 5.74) is 3.06. The summed E-state index contributed by atoms with van der Waals surface area (Å²) in [4.78, 5) is 27.4. The number of nitrogens with zero attached hydrogens (tertiary/aromatic N) is 1. The van der Waals surface area contributed by atoms with Gasteiger partial charge in [0.25, 0.3) is 11.8 Å². The number of anilines is 2. The minimum Gasteiger partial charge on any atom is -0.490 e. The Kier molecular flexibility index (Phi) is 8.30. The number of halogens is 1. The number of para-hydroxylation sites is 1. The smallest absolute Gasteiger partial charge is 0.270 e. The number of thiocarbonyl (C=S) groups is 1. The first kappa shape index (κ1) is 25.8. The van der Waals surface area contributed by atoms with Gasteiger partial charge in [-0.3, -0.25) is 14.5 Å². The van der Waals surface area contributed by atoms with Crippen molar-refractivity contribution in [2.75, 3.05) is 23.4 Å². The molecule has 1 saturated heterocycles. The summed E-state index contributed by atoms with van der Waals surface area (Å²) in [7, 11) is 0. The molecule has 1 fully saturated rings. The highest BCUT2D eigenvalue weighted by molar-refractivity contribution is 8.27. The fourth-order valence-electron chi connectivity index (χ4n) is 3.50. The van der Waals surface area contributed by atoms with E-state index in [4.69, 9.17) is 33.3 Å². The van der Waals surface area contributed by atoms with Crippen LogP contribution in [0.4, 0.5) is 11.4 Å². The van der Waals surface area contributed by atoms with Crippen molar-refractivity contribution in [3.8, 4) is 11.5 Å². The van der Waals surface area contributed by atoms with Gasteiger partial charge in [0, 0.05) is 10.7 Å². The molecule has 9 heteroatoms. The predicted molar refractivity (Wildman–Crippen MR) is 150 cm³/mol. The van der Waals surface area contributed by atoms with E-state index in [1.54, 1.807) is 48.5 Å². The maximum absolute atomic E-state index is 13.1. The zero-order chi connectivity index (χ0) is 25.7. The number of thioether (sulfide) groups is 1. The number of aryl methyl sites for hydroxylation is 1. The lowest BCUT2D eigenvalue weighted by atomic mass is 10.1. The zero-order valence-electron chi connectivity index (χ0n) is 19.6. The van der Waals surface area contributed by atoms with E-state index in [-0.39, 0.29) is 18.4 Å². The van der Waals surface area contributed by atoms with Gasteiger partial charge in [0.2, 0.25) is 0 Å². The van der Waals surface area contributed by atoms with Gasteiger partial charge in [0.05, 0.1) is 17.2 Å². The van der Waals surface area contributed by atoms with E-state index in [0.29, 0.717) is 38.0 Å². The van der Waals surface area contributed by atoms with Crippen molar-refractivity contribution in [2.24, 2.45) is 0 Å². The van der Waals surface area contributed by atoms with E-state index < -0.39 is 0 Å². The SMILES string of the molecule is CCOc1cc(/C=C2/SC(=S)N(c3cccc(Cl)c3)C2=O)ccc1OCC(=O)Nc1ccccc1C. The van der Waals surface area contributed by atoms with Crippen LogP contribution >= 0.6 is 35.6 Å². The van der Waals surface area contributed by atoms with Crippen molar-refractivity contribution in [1.82, 2.24) is 0 Å². The number of rotatable bonds is 8. The molecule has 1 N–H and O–H groups in total.